The van der Waals surface area contributed by atoms with Gasteiger partial charge in [0.1, 0.15) is 5.69 Å². The number of benzene rings is 1. The topological polar surface area (TPSA) is 37.8 Å². The van der Waals surface area contributed by atoms with Crippen LogP contribution in [0, 0.1) is 6.92 Å². The maximum Gasteiger partial charge on any atom is 0.152 e. The van der Waals surface area contributed by atoms with E-state index in [4.69, 9.17) is 11.6 Å². The maximum atomic E-state index is 5.93. The molecule has 0 amide bonds. The van der Waals surface area contributed by atoms with Crippen LogP contribution < -0.4 is 5.32 Å². The van der Waals surface area contributed by atoms with Crippen molar-refractivity contribution >= 4 is 17.4 Å². The zero-order valence-corrected chi connectivity index (χ0v) is 9.92. The molecule has 82 valence electrons. The number of nitrogens with zero attached hydrogens (tertiary/aromatic N) is 2. The van der Waals surface area contributed by atoms with Gasteiger partial charge >= 0.3 is 0 Å². The molecule has 0 spiro atoms. The third kappa shape index (κ3) is 1.99. The van der Waals surface area contributed by atoms with E-state index in [9.17, 15) is 0 Å². The summed E-state index contributed by atoms with van der Waals surface area (Å²) in [7, 11) is 1.83. The normalized spacial score (nSPS) is 10.2. The van der Waals surface area contributed by atoms with Crippen LogP contribution in [0.1, 0.15) is 5.56 Å². The molecular formula is C12H12ClN3. The summed E-state index contributed by atoms with van der Waals surface area (Å²) in [6, 6.07) is 5.74. The van der Waals surface area contributed by atoms with Crippen LogP contribution in [0.5, 0.6) is 0 Å². The Morgan fingerprint density at radius 2 is 1.94 bits per heavy atom. The third-order valence-corrected chi connectivity index (χ3v) is 2.61. The van der Waals surface area contributed by atoms with E-state index < -0.39 is 0 Å². The van der Waals surface area contributed by atoms with Crippen LogP contribution in [0.4, 0.5) is 5.82 Å². The van der Waals surface area contributed by atoms with Crippen LogP contribution >= 0.6 is 11.6 Å². The van der Waals surface area contributed by atoms with E-state index in [2.05, 4.69) is 15.3 Å². The first-order valence-corrected chi connectivity index (χ1v) is 5.35. The highest BCUT2D eigenvalue weighted by atomic mass is 35.5. The molecule has 0 saturated carbocycles. The predicted octanol–water partition coefficient (Wildman–Crippen LogP) is 3.15. The van der Waals surface area contributed by atoms with E-state index in [0.29, 0.717) is 0 Å². The molecule has 0 aliphatic heterocycles. The van der Waals surface area contributed by atoms with Gasteiger partial charge in [-0.3, -0.25) is 4.98 Å². The Kier molecular flexibility index (Phi) is 3.06. The third-order valence-electron chi connectivity index (χ3n) is 2.38. The van der Waals surface area contributed by atoms with Crippen molar-refractivity contribution in [2.24, 2.45) is 0 Å². The highest BCUT2D eigenvalue weighted by Gasteiger charge is 2.08. The highest BCUT2D eigenvalue weighted by molar-refractivity contribution is 6.30. The Balaban J connectivity index is 2.58. The molecule has 0 bridgehead atoms. The second-order valence-electron chi connectivity index (χ2n) is 3.46. The highest BCUT2D eigenvalue weighted by Crippen LogP contribution is 2.28. The average Bonchev–Trinajstić information content (AvgIpc) is 2.29. The zero-order valence-electron chi connectivity index (χ0n) is 9.16. The van der Waals surface area contributed by atoms with Crippen molar-refractivity contribution in [3.05, 3.63) is 41.2 Å². The van der Waals surface area contributed by atoms with Gasteiger partial charge in [-0.05, 0) is 24.6 Å². The van der Waals surface area contributed by atoms with Crippen LogP contribution in [0.15, 0.2) is 30.6 Å². The summed E-state index contributed by atoms with van der Waals surface area (Å²) in [4.78, 5) is 8.57. The minimum Gasteiger partial charge on any atom is -0.371 e. The van der Waals surface area contributed by atoms with Crippen LogP contribution in [-0.2, 0) is 0 Å². The fourth-order valence-electron chi connectivity index (χ4n) is 1.61. The van der Waals surface area contributed by atoms with Crippen molar-refractivity contribution in [3.8, 4) is 11.3 Å². The molecule has 1 aromatic heterocycles. The number of nitrogens with one attached hydrogen (secondary N) is 1. The summed E-state index contributed by atoms with van der Waals surface area (Å²) in [6.45, 7) is 2.01. The first-order valence-electron chi connectivity index (χ1n) is 4.97. The standard InChI is InChI=1S/C12H12ClN3/c1-8-7-9(13)3-4-10(8)11-12(14-2)16-6-5-15-11/h3-7H,1-2H3,(H,14,16). The van der Waals surface area contributed by atoms with Gasteiger partial charge in [0.2, 0.25) is 0 Å². The largest absolute Gasteiger partial charge is 0.371 e. The van der Waals surface area contributed by atoms with Gasteiger partial charge in [0.15, 0.2) is 5.82 Å². The van der Waals surface area contributed by atoms with Crippen molar-refractivity contribution < 1.29 is 0 Å². The number of hydrogen-bond donors (Lipinski definition) is 1. The van der Waals surface area contributed by atoms with Gasteiger partial charge in [0, 0.05) is 30.0 Å². The summed E-state index contributed by atoms with van der Waals surface area (Å²) in [5.74, 6) is 0.771. The molecule has 0 unspecified atom stereocenters. The fraction of sp³-hybridized carbons (Fsp3) is 0.167. The first-order chi connectivity index (χ1) is 7.72. The number of rotatable bonds is 2. The quantitative estimate of drug-likeness (QED) is 0.866. The van der Waals surface area contributed by atoms with Crippen LogP contribution in [-0.4, -0.2) is 17.0 Å². The van der Waals surface area contributed by atoms with Gasteiger partial charge in [0.25, 0.3) is 0 Å². The molecule has 4 heteroatoms. The van der Waals surface area contributed by atoms with Crippen LogP contribution in [0.25, 0.3) is 11.3 Å². The summed E-state index contributed by atoms with van der Waals surface area (Å²) in [6.07, 6.45) is 3.35. The minimum atomic E-state index is 0.733. The first kappa shape index (κ1) is 10.9. The van der Waals surface area contributed by atoms with Gasteiger partial charge < -0.3 is 5.32 Å². The molecular weight excluding hydrogens is 222 g/mol. The molecule has 0 saturated heterocycles. The molecule has 0 atom stereocenters. The van der Waals surface area contributed by atoms with E-state index in [1.165, 1.54) is 0 Å². The van der Waals surface area contributed by atoms with Crippen LogP contribution in [0.2, 0.25) is 5.02 Å². The van der Waals surface area contributed by atoms with E-state index in [1.54, 1.807) is 12.4 Å². The second-order valence-corrected chi connectivity index (χ2v) is 3.90. The summed E-state index contributed by atoms with van der Waals surface area (Å²) in [5, 5.41) is 3.76. The van der Waals surface area contributed by atoms with Gasteiger partial charge in [-0.25, -0.2) is 4.98 Å². The van der Waals surface area contributed by atoms with Crippen LogP contribution in [0.3, 0.4) is 0 Å². The van der Waals surface area contributed by atoms with Gasteiger partial charge in [0.05, 0.1) is 0 Å². The molecule has 3 nitrogen and oxygen atoms in total. The molecule has 1 heterocycles. The molecule has 2 rings (SSSR count). The van der Waals surface area contributed by atoms with E-state index in [1.807, 2.05) is 32.2 Å². The van der Waals surface area contributed by atoms with E-state index >= 15 is 0 Å². The molecule has 1 aromatic carbocycles. The Hall–Kier alpha value is -1.61. The van der Waals surface area contributed by atoms with E-state index in [0.717, 1.165) is 27.7 Å². The zero-order chi connectivity index (χ0) is 11.5. The molecule has 16 heavy (non-hydrogen) atoms. The van der Waals surface area contributed by atoms with Crippen molar-refractivity contribution in [1.29, 1.82) is 0 Å². The summed E-state index contributed by atoms with van der Waals surface area (Å²) in [5.41, 5.74) is 2.98. The maximum absolute atomic E-state index is 5.93. The number of anilines is 1. The smallest absolute Gasteiger partial charge is 0.152 e. The Morgan fingerprint density at radius 3 is 2.62 bits per heavy atom. The predicted molar refractivity (Wildman–Crippen MR) is 66.8 cm³/mol. The lowest BCUT2D eigenvalue weighted by atomic mass is 10.1. The van der Waals surface area contributed by atoms with Gasteiger partial charge in [-0.15, -0.1) is 0 Å². The molecule has 0 aliphatic carbocycles. The monoisotopic (exact) mass is 233 g/mol. The molecule has 0 radical (unpaired) electrons. The Bertz CT molecular complexity index is 511. The minimum absolute atomic E-state index is 0.733. The Morgan fingerprint density at radius 1 is 1.19 bits per heavy atom. The lowest BCUT2D eigenvalue weighted by Crippen LogP contribution is -1.98. The number of aromatic nitrogens is 2. The van der Waals surface area contributed by atoms with Gasteiger partial charge in [-0.1, -0.05) is 17.7 Å². The van der Waals surface area contributed by atoms with Crippen molar-refractivity contribution in [2.45, 2.75) is 6.92 Å². The lowest BCUT2D eigenvalue weighted by molar-refractivity contribution is 1.18. The number of aryl methyl sites for hydroxylation is 1. The van der Waals surface area contributed by atoms with Crippen molar-refractivity contribution in [3.63, 3.8) is 0 Å². The Labute approximate surface area is 99.5 Å². The molecule has 2 aromatic rings. The van der Waals surface area contributed by atoms with Gasteiger partial charge in [-0.2, -0.15) is 0 Å². The summed E-state index contributed by atoms with van der Waals surface area (Å²) >= 11 is 5.93. The molecule has 1 N–H and O–H groups in total. The average molecular weight is 234 g/mol. The lowest BCUT2D eigenvalue weighted by Gasteiger charge is -2.09. The molecule has 0 fully saturated rings. The van der Waals surface area contributed by atoms with E-state index in [-0.39, 0.29) is 0 Å². The number of halogens is 1. The van der Waals surface area contributed by atoms with Crippen molar-refractivity contribution in [1.82, 2.24) is 9.97 Å². The molecule has 0 aliphatic rings. The SMILES string of the molecule is CNc1nccnc1-c1ccc(Cl)cc1C. The second kappa shape index (κ2) is 4.49. The fourth-order valence-corrected chi connectivity index (χ4v) is 1.84. The van der Waals surface area contributed by atoms with Crippen molar-refractivity contribution in [2.75, 3.05) is 12.4 Å². The number of hydrogen-bond acceptors (Lipinski definition) is 3. The summed E-state index contributed by atoms with van der Waals surface area (Å²) < 4.78 is 0.